The number of nitrogens with two attached hydrogens (primary N) is 1. The molecule has 134 valence electrons. The number of nitrogens with zero attached hydrogens (tertiary/aromatic N) is 1. The Morgan fingerprint density at radius 2 is 1.96 bits per heavy atom. The summed E-state index contributed by atoms with van der Waals surface area (Å²) < 4.78 is 11.1. The molecule has 0 bridgehead atoms. The molecule has 0 heterocycles. The van der Waals surface area contributed by atoms with Crippen LogP contribution >= 0.6 is 11.8 Å². The second kappa shape index (κ2) is 9.54. The number of aryl methyl sites for hydroxylation is 1. The number of thioether (sulfide) groups is 1. The van der Waals surface area contributed by atoms with Gasteiger partial charge in [-0.25, -0.2) is 0 Å². The average Bonchev–Trinajstić information content (AvgIpc) is 2.65. The van der Waals surface area contributed by atoms with Crippen molar-refractivity contribution in [3.05, 3.63) is 59.2 Å². The van der Waals surface area contributed by atoms with Crippen molar-refractivity contribution < 1.29 is 14.3 Å². The largest absolute Gasteiger partial charge is 0.493 e. The number of benzene rings is 2. The number of hydrogen-bond acceptors (Lipinski definition) is 5. The zero-order valence-electron chi connectivity index (χ0n) is 14.7. The van der Waals surface area contributed by atoms with Gasteiger partial charge in [-0.3, -0.25) is 4.79 Å². The molecule has 26 heavy (non-hydrogen) atoms. The number of methoxy groups -OCH3 is 1. The van der Waals surface area contributed by atoms with E-state index in [9.17, 15) is 4.79 Å². The maximum absolute atomic E-state index is 11.1. The summed E-state index contributed by atoms with van der Waals surface area (Å²) in [5, 5.41) is 8.91. The molecule has 1 amide bonds. The molecule has 2 N–H and O–H groups in total. The highest BCUT2D eigenvalue weighted by atomic mass is 32.2. The number of primary amides is 1. The molecule has 0 aromatic heterocycles. The zero-order valence-corrected chi connectivity index (χ0v) is 15.5. The molecule has 0 unspecified atom stereocenters. The smallest absolute Gasteiger partial charge is 0.259 e. The molecular formula is C20H20N2O3S. The molecular weight excluding hydrogens is 348 g/mol. The normalized spacial score (nSPS) is 10.9. The maximum atomic E-state index is 11.1. The van der Waals surface area contributed by atoms with E-state index >= 15 is 0 Å². The predicted molar refractivity (Wildman–Crippen MR) is 103 cm³/mol. The van der Waals surface area contributed by atoms with Gasteiger partial charge in [0, 0.05) is 10.6 Å². The quantitative estimate of drug-likeness (QED) is 0.333. The molecule has 0 aliphatic carbocycles. The van der Waals surface area contributed by atoms with Gasteiger partial charge in [0.25, 0.3) is 5.91 Å². The van der Waals surface area contributed by atoms with Gasteiger partial charge >= 0.3 is 0 Å². The van der Waals surface area contributed by atoms with Crippen LogP contribution in [0.2, 0.25) is 0 Å². The molecule has 0 saturated heterocycles. The van der Waals surface area contributed by atoms with Gasteiger partial charge in [0.15, 0.2) is 11.5 Å². The van der Waals surface area contributed by atoms with Crippen LogP contribution in [0, 0.1) is 18.3 Å². The molecule has 0 fully saturated rings. The van der Waals surface area contributed by atoms with E-state index in [2.05, 4.69) is 31.2 Å². The van der Waals surface area contributed by atoms with Crippen LogP contribution < -0.4 is 15.2 Å². The Hall–Kier alpha value is -2.91. The van der Waals surface area contributed by atoms with Crippen LogP contribution in [-0.2, 0) is 4.79 Å². The van der Waals surface area contributed by atoms with Gasteiger partial charge in [0.1, 0.15) is 11.6 Å². The van der Waals surface area contributed by atoms with Crippen LogP contribution in [-0.4, -0.2) is 25.4 Å². The van der Waals surface area contributed by atoms with Crippen molar-refractivity contribution in [2.24, 2.45) is 5.73 Å². The van der Waals surface area contributed by atoms with Crippen LogP contribution in [0.5, 0.6) is 11.5 Å². The van der Waals surface area contributed by atoms with Crippen LogP contribution in [0.4, 0.5) is 0 Å². The number of carbonyl (C=O) groups is 1. The van der Waals surface area contributed by atoms with Gasteiger partial charge in [-0.1, -0.05) is 23.8 Å². The summed E-state index contributed by atoms with van der Waals surface area (Å²) in [5.41, 5.74) is 6.90. The molecule has 5 nitrogen and oxygen atoms in total. The Balaban J connectivity index is 1.98. The topological polar surface area (TPSA) is 85.3 Å². The molecule has 0 spiro atoms. The predicted octanol–water partition coefficient (Wildman–Crippen LogP) is 3.57. The number of rotatable bonds is 8. The van der Waals surface area contributed by atoms with E-state index in [1.54, 1.807) is 36.0 Å². The lowest BCUT2D eigenvalue weighted by Gasteiger charge is -2.11. The molecule has 6 heteroatoms. The minimum Gasteiger partial charge on any atom is -0.493 e. The number of nitriles is 1. The van der Waals surface area contributed by atoms with E-state index in [1.165, 1.54) is 23.6 Å². The van der Waals surface area contributed by atoms with Crippen LogP contribution in [0.3, 0.4) is 0 Å². The molecule has 0 aliphatic rings. The van der Waals surface area contributed by atoms with E-state index in [4.69, 9.17) is 20.5 Å². The third-order valence-corrected chi connectivity index (χ3v) is 4.49. The van der Waals surface area contributed by atoms with Gasteiger partial charge in [0.2, 0.25) is 0 Å². The number of carbonyl (C=O) groups excluding carboxylic acids is 1. The third-order valence-electron chi connectivity index (χ3n) is 3.52. The fraction of sp³-hybridized carbons (Fsp3) is 0.200. The first-order valence-corrected chi connectivity index (χ1v) is 8.94. The summed E-state index contributed by atoms with van der Waals surface area (Å²) in [5.74, 6) is 1.17. The maximum Gasteiger partial charge on any atom is 0.259 e. The summed E-state index contributed by atoms with van der Waals surface area (Å²) in [7, 11) is 1.54. The minimum absolute atomic E-state index is 0.116. The van der Waals surface area contributed by atoms with Crippen molar-refractivity contribution in [3.8, 4) is 17.6 Å². The van der Waals surface area contributed by atoms with Crippen molar-refractivity contribution >= 4 is 23.7 Å². The lowest BCUT2D eigenvalue weighted by Crippen LogP contribution is -2.12. The second-order valence-corrected chi connectivity index (χ2v) is 6.62. The van der Waals surface area contributed by atoms with Crippen molar-refractivity contribution in [1.82, 2.24) is 0 Å². The SMILES string of the molecule is COc1cc(C=C(C#N)C(N)=O)ccc1OCCSc1ccc(C)cc1. The Kier molecular flexibility index (Phi) is 7.12. The minimum atomic E-state index is -0.764. The average molecular weight is 368 g/mol. The van der Waals surface area contributed by atoms with E-state index in [-0.39, 0.29) is 5.57 Å². The Labute approximate surface area is 157 Å². The van der Waals surface area contributed by atoms with Crippen LogP contribution in [0.25, 0.3) is 6.08 Å². The standard InChI is InChI=1S/C20H20N2O3S/c1-14-3-6-17(7-4-14)26-10-9-25-18-8-5-15(12-19(18)24-2)11-16(13-21)20(22)23/h3-8,11-12H,9-10H2,1-2H3,(H2,22,23). The highest BCUT2D eigenvalue weighted by molar-refractivity contribution is 7.99. The monoisotopic (exact) mass is 368 g/mol. The Bertz CT molecular complexity index is 839. The molecule has 0 saturated carbocycles. The van der Waals surface area contributed by atoms with E-state index < -0.39 is 5.91 Å². The van der Waals surface area contributed by atoms with Crippen LogP contribution in [0.15, 0.2) is 52.9 Å². The Morgan fingerprint density at radius 3 is 2.58 bits per heavy atom. The first-order valence-electron chi connectivity index (χ1n) is 7.95. The fourth-order valence-corrected chi connectivity index (χ4v) is 2.89. The highest BCUT2D eigenvalue weighted by Gasteiger charge is 2.08. The first-order chi connectivity index (χ1) is 12.5. The lowest BCUT2D eigenvalue weighted by molar-refractivity contribution is -0.114. The Morgan fingerprint density at radius 1 is 1.23 bits per heavy atom. The summed E-state index contributed by atoms with van der Waals surface area (Å²) in [6.07, 6.45) is 1.42. The van der Waals surface area contributed by atoms with Crippen molar-refractivity contribution in [2.45, 2.75) is 11.8 Å². The molecule has 2 aromatic carbocycles. The third kappa shape index (κ3) is 5.57. The first kappa shape index (κ1) is 19.4. The molecule has 0 aliphatic heterocycles. The molecule has 2 aromatic rings. The van der Waals surface area contributed by atoms with E-state index in [1.807, 2.05) is 0 Å². The fourth-order valence-electron chi connectivity index (χ4n) is 2.16. The summed E-state index contributed by atoms with van der Waals surface area (Å²) >= 11 is 1.72. The van der Waals surface area contributed by atoms with Crippen LogP contribution in [0.1, 0.15) is 11.1 Å². The molecule has 0 atom stereocenters. The number of ether oxygens (including phenoxy) is 2. The van der Waals surface area contributed by atoms with E-state index in [0.29, 0.717) is 23.7 Å². The van der Waals surface area contributed by atoms with Crippen molar-refractivity contribution in [3.63, 3.8) is 0 Å². The highest BCUT2D eigenvalue weighted by Crippen LogP contribution is 2.29. The zero-order chi connectivity index (χ0) is 18.9. The van der Waals surface area contributed by atoms with E-state index in [0.717, 1.165) is 5.75 Å². The van der Waals surface area contributed by atoms with Gasteiger partial charge < -0.3 is 15.2 Å². The van der Waals surface area contributed by atoms with Gasteiger partial charge in [-0.15, -0.1) is 11.8 Å². The number of amides is 1. The van der Waals surface area contributed by atoms with Gasteiger partial charge in [-0.05, 0) is 42.8 Å². The van der Waals surface area contributed by atoms with Gasteiger partial charge in [-0.2, -0.15) is 5.26 Å². The van der Waals surface area contributed by atoms with Crippen molar-refractivity contribution in [1.29, 1.82) is 5.26 Å². The number of hydrogen-bond donors (Lipinski definition) is 1. The summed E-state index contributed by atoms with van der Waals surface area (Å²) in [6, 6.07) is 15.3. The lowest BCUT2D eigenvalue weighted by atomic mass is 10.1. The molecule has 2 rings (SSSR count). The van der Waals surface area contributed by atoms with Crippen molar-refractivity contribution in [2.75, 3.05) is 19.5 Å². The summed E-state index contributed by atoms with van der Waals surface area (Å²) in [6.45, 7) is 2.58. The molecule has 0 radical (unpaired) electrons. The van der Waals surface area contributed by atoms with Gasteiger partial charge in [0.05, 0.1) is 13.7 Å². The second-order valence-electron chi connectivity index (χ2n) is 5.45. The summed E-state index contributed by atoms with van der Waals surface area (Å²) in [4.78, 5) is 12.3.